The highest BCUT2D eigenvalue weighted by Crippen LogP contribution is 2.13. The summed E-state index contributed by atoms with van der Waals surface area (Å²) >= 11 is 0. The predicted octanol–water partition coefficient (Wildman–Crippen LogP) is 2.73. The van der Waals surface area contributed by atoms with Crippen molar-refractivity contribution in [2.45, 2.75) is 32.6 Å². The molecule has 86 valence electrons. The second-order valence-corrected chi connectivity index (χ2v) is 3.96. The Balaban J connectivity index is 2.16. The summed E-state index contributed by atoms with van der Waals surface area (Å²) in [6.07, 6.45) is 4.70. The van der Waals surface area contributed by atoms with E-state index in [-0.39, 0.29) is 0 Å². The fourth-order valence-corrected chi connectivity index (χ4v) is 1.74. The second-order valence-electron chi connectivity index (χ2n) is 3.96. The normalized spacial score (nSPS) is 10.9. The minimum Gasteiger partial charge on any atom is -0.373 e. The quantitative estimate of drug-likeness (QED) is 0.759. The highest BCUT2D eigenvalue weighted by atomic mass is 15.0. The SMILES string of the molecule is CCCCCc1nc2nc(NC)ccc2[nH]1. The van der Waals surface area contributed by atoms with Gasteiger partial charge in [-0.25, -0.2) is 9.97 Å². The smallest absolute Gasteiger partial charge is 0.179 e. The molecule has 2 heterocycles. The van der Waals surface area contributed by atoms with E-state index >= 15 is 0 Å². The summed E-state index contributed by atoms with van der Waals surface area (Å²) < 4.78 is 0. The molecule has 0 atom stereocenters. The molecule has 2 aromatic heterocycles. The van der Waals surface area contributed by atoms with E-state index in [0.717, 1.165) is 29.2 Å². The molecule has 0 aliphatic carbocycles. The number of nitrogens with zero attached hydrogens (tertiary/aromatic N) is 2. The van der Waals surface area contributed by atoms with Gasteiger partial charge < -0.3 is 10.3 Å². The number of aromatic amines is 1. The Kier molecular flexibility index (Phi) is 3.39. The van der Waals surface area contributed by atoms with Gasteiger partial charge in [-0.2, -0.15) is 0 Å². The van der Waals surface area contributed by atoms with E-state index in [4.69, 9.17) is 0 Å². The second kappa shape index (κ2) is 4.96. The Morgan fingerprint density at radius 1 is 1.25 bits per heavy atom. The van der Waals surface area contributed by atoms with E-state index in [1.807, 2.05) is 19.2 Å². The molecule has 16 heavy (non-hydrogen) atoms. The number of anilines is 1. The summed E-state index contributed by atoms with van der Waals surface area (Å²) in [6.45, 7) is 2.21. The first-order valence-corrected chi connectivity index (χ1v) is 5.87. The van der Waals surface area contributed by atoms with Crippen molar-refractivity contribution in [3.05, 3.63) is 18.0 Å². The van der Waals surface area contributed by atoms with Gasteiger partial charge in [-0.3, -0.25) is 0 Å². The highest BCUT2D eigenvalue weighted by Gasteiger charge is 2.04. The molecule has 4 heteroatoms. The lowest BCUT2D eigenvalue weighted by Gasteiger charge is -1.95. The topological polar surface area (TPSA) is 53.6 Å². The monoisotopic (exact) mass is 218 g/mol. The van der Waals surface area contributed by atoms with E-state index in [1.54, 1.807) is 0 Å². The summed E-state index contributed by atoms with van der Waals surface area (Å²) in [7, 11) is 1.86. The molecule has 0 saturated carbocycles. The standard InChI is InChI=1S/C12H18N4/c1-3-4-5-6-11-14-9-7-8-10(13-2)15-12(9)16-11/h7-8H,3-6H2,1-2H3,(H2,13,14,15,16). The molecule has 0 fully saturated rings. The number of hydrogen-bond donors (Lipinski definition) is 2. The zero-order chi connectivity index (χ0) is 11.4. The third kappa shape index (κ3) is 2.32. The van der Waals surface area contributed by atoms with Crippen LogP contribution in [0.1, 0.15) is 32.0 Å². The Hall–Kier alpha value is -1.58. The summed E-state index contributed by atoms with van der Waals surface area (Å²) in [5, 5.41) is 3.02. The highest BCUT2D eigenvalue weighted by molar-refractivity contribution is 5.72. The molecule has 0 radical (unpaired) electrons. The first-order valence-electron chi connectivity index (χ1n) is 5.87. The van der Waals surface area contributed by atoms with Gasteiger partial charge in [-0.15, -0.1) is 0 Å². The Morgan fingerprint density at radius 3 is 2.88 bits per heavy atom. The molecule has 0 aliphatic heterocycles. The molecule has 0 bridgehead atoms. The van der Waals surface area contributed by atoms with Crippen molar-refractivity contribution in [3.63, 3.8) is 0 Å². The van der Waals surface area contributed by atoms with E-state index in [2.05, 4.69) is 27.2 Å². The first-order chi connectivity index (χ1) is 7.83. The molecular weight excluding hydrogens is 200 g/mol. The van der Waals surface area contributed by atoms with Crippen LogP contribution in [-0.4, -0.2) is 22.0 Å². The van der Waals surface area contributed by atoms with Crippen molar-refractivity contribution in [3.8, 4) is 0 Å². The van der Waals surface area contributed by atoms with Crippen LogP contribution >= 0.6 is 0 Å². The molecular formula is C12H18N4. The van der Waals surface area contributed by atoms with Gasteiger partial charge in [0.15, 0.2) is 5.65 Å². The Bertz CT molecular complexity index is 461. The average Bonchev–Trinajstić information content (AvgIpc) is 2.70. The van der Waals surface area contributed by atoms with Gasteiger partial charge >= 0.3 is 0 Å². The third-order valence-corrected chi connectivity index (χ3v) is 2.67. The Labute approximate surface area is 95.5 Å². The van der Waals surface area contributed by atoms with E-state index in [0.29, 0.717) is 0 Å². The number of nitrogens with one attached hydrogen (secondary N) is 2. The molecule has 0 unspecified atom stereocenters. The van der Waals surface area contributed by atoms with Gasteiger partial charge in [-0.05, 0) is 18.6 Å². The number of H-pyrrole nitrogens is 1. The number of rotatable bonds is 5. The van der Waals surface area contributed by atoms with E-state index in [1.165, 1.54) is 19.3 Å². The lowest BCUT2D eigenvalue weighted by molar-refractivity contribution is 0.700. The minimum absolute atomic E-state index is 0.804. The van der Waals surface area contributed by atoms with Crippen molar-refractivity contribution < 1.29 is 0 Å². The van der Waals surface area contributed by atoms with Crippen LogP contribution in [0.4, 0.5) is 5.82 Å². The molecule has 0 aliphatic rings. The van der Waals surface area contributed by atoms with Crippen molar-refractivity contribution >= 4 is 17.0 Å². The molecule has 4 nitrogen and oxygen atoms in total. The number of imidazole rings is 1. The van der Waals surface area contributed by atoms with E-state index in [9.17, 15) is 0 Å². The van der Waals surface area contributed by atoms with Gasteiger partial charge in [0, 0.05) is 13.5 Å². The molecule has 0 amide bonds. The van der Waals surface area contributed by atoms with E-state index < -0.39 is 0 Å². The zero-order valence-corrected chi connectivity index (χ0v) is 9.88. The van der Waals surface area contributed by atoms with Crippen LogP contribution in [0.3, 0.4) is 0 Å². The number of pyridine rings is 1. The van der Waals surface area contributed by atoms with Crippen LogP contribution in [0.15, 0.2) is 12.1 Å². The van der Waals surface area contributed by atoms with Crippen LogP contribution in [0.2, 0.25) is 0 Å². The summed E-state index contributed by atoms with van der Waals surface area (Å²) in [5.41, 5.74) is 1.82. The summed E-state index contributed by atoms with van der Waals surface area (Å²) in [5.74, 6) is 1.91. The molecule has 2 rings (SSSR count). The van der Waals surface area contributed by atoms with Crippen LogP contribution in [0.25, 0.3) is 11.2 Å². The summed E-state index contributed by atoms with van der Waals surface area (Å²) in [6, 6.07) is 3.97. The fraction of sp³-hybridized carbons (Fsp3) is 0.500. The number of aromatic nitrogens is 3. The largest absolute Gasteiger partial charge is 0.373 e. The van der Waals surface area contributed by atoms with Crippen molar-refractivity contribution in [1.82, 2.24) is 15.0 Å². The van der Waals surface area contributed by atoms with Crippen LogP contribution in [0.5, 0.6) is 0 Å². The summed E-state index contributed by atoms with van der Waals surface area (Å²) in [4.78, 5) is 12.2. The third-order valence-electron chi connectivity index (χ3n) is 2.67. The number of fused-ring (bicyclic) bond motifs is 1. The maximum atomic E-state index is 4.49. The fourth-order valence-electron chi connectivity index (χ4n) is 1.74. The molecule has 0 aromatic carbocycles. The Morgan fingerprint density at radius 2 is 2.12 bits per heavy atom. The van der Waals surface area contributed by atoms with Gasteiger partial charge in [0.05, 0.1) is 5.52 Å². The number of hydrogen-bond acceptors (Lipinski definition) is 3. The molecule has 2 aromatic rings. The number of aryl methyl sites for hydroxylation is 1. The first kappa shape index (κ1) is 10.9. The maximum Gasteiger partial charge on any atom is 0.179 e. The van der Waals surface area contributed by atoms with Crippen molar-refractivity contribution in [2.24, 2.45) is 0 Å². The van der Waals surface area contributed by atoms with Gasteiger partial charge in [0.1, 0.15) is 11.6 Å². The van der Waals surface area contributed by atoms with Gasteiger partial charge in [-0.1, -0.05) is 19.8 Å². The van der Waals surface area contributed by atoms with Crippen molar-refractivity contribution in [2.75, 3.05) is 12.4 Å². The van der Waals surface area contributed by atoms with Crippen LogP contribution in [-0.2, 0) is 6.42 Å². The lowest BCUT2D eigenvalue weighted by atomic mass is 10.2. The molecule has 0 saturated heterocycles. The van der Waals surface area contributed by atoms with Gasteiger partial charge in [0.25, 0.3) is 0 Å². The van der Waals surface area contributed by atoms with Gasteiger partial charge in [0.2, 0.25) is 0 Å². The average molecular weight is 218 g/mol. The lowest BCUT2D eigenvalue weighted by Crippen LogP contribution is -1.91. The van der Waals surface area contributed by atoms with Crippen molar-refractivity contribution in [1.29, 1.82) is 0 Å². The zero-order valence-electron chi connectivity index (χ0n) is 9.88. The molecule has 2 N–H and O–H groups in total. The molecule has 0 spiro atoms. The maximum absolute atomic E-state index is 4.49. The predicted molar refractivity (Wildman–Crippen MR) is 66.7 cm³/mol. The minimum atomic E-state index is 0.804. The van der Waals surface area contributed by atoms with Crippen LogP contribution < -0.4 is 5.32 Å². The number of unbranched alkanes of at least 4 members (excludes halogenated alkanes) is 2. The van der Waals surface area contributed by atoms with Crippen LogP contribution in [0, 0.1) is 0 Å².